The van der Waals surface area contributed by atoms with E-state index in [4.69, 9.17) is 0 Å². The van der Waals surface area contributed by atoms with Crippen LogP contribution in [0.25, 0.3) is 6.08 Å². The van der Waals surface area contributed by atoms with Crippen LogP contribution in [0.1, 0.15) is 36.9 Å². The molecule has 3 nitrogen and oxygen atoms in total. The summed E-state index contributed by atoms with van der Waals surface area (Å²) in [7, 11) is 0. The van der Waals surface area contributed by atoms with Crippen LogP contribution in [0.5, 0.6) is 0 Å². The molecule has 0 N–H and O–H groups in total. The summed E-state index contributed by atoms with van der Waals surface area (Å²) in [5.41, 5.74) is 3.74. The Labute approximate surface area is 181 Å². The second-order valence-electron chi connectivity index (χ2n) is 8.33. The van der Waals surface area contributed by atoms with Gasteiger partial charge in [0, 0.05) is 19.0 Å². The van der Waals surface area contributed by atoms with Gasteiger partial charge in [-0.2, -0.15) is 18.3 Å². The molecule has 4 rings (SSSR count). The molecule has 2 aliphatic rings. The number of piperidine rings is 1. The molecule has 2 heterocycles. The molecular weight excluding hydrogens is 399 g/mol. The first-order valence-electron chi connectivity index (χ1n) is 10.9. The van der Waals surface area contributed by atoms with Crippen LogP contribution < -0.4 is 0 Å². The molecule has 2 atom stereocenters. The van der Waals surface area contributed by atoms with Crippen LogP contribution in [0.3, 0.4) is 0 Å². The van der Waals surface area contributed by atoms with Crippen LogP contribution in [-0.2, 0) is 0 Å². The van der Waals surface area contributed by atoms with Crippen molar-refractivity contribution in [2.45, 2.75) is 32.0 Å². The quantitative estimate of drug-likeness (QED) is 0.582. The van der Waals surface area contributed by atoms with Crippen LogP contribution in [0, 0.1) is 5.92 Å². The lowest BCUT2D eigenvalue weighted by molar-refractivity contribution is -0.150. The van der Waals surface area contributed by atoms with Gasteiger partial charge in [0.25, 0.3) is 0 Å². The molecule has 164 valence electrons. The fourth-order valence-corrected chi connectivity index (χ4v) is 4.58. The van der Waals surface area contributed by atoms with Crippen molar-refractivity contribution < 1.29 is 13.2 Å². The lowest BCUT2D eigenvalue weighted by Crippen LogP contribution is -2.44. The van der Waals surface area contributed by atoms with Gasteiger partial charge in [-0.1, -0.05) is 74.0 Å². The van der Waals surface area contributed by atoms with E-state index in [9.17, 15) is 13.2 Å². The minimum absolute atomic E-state index is 0.0923. The van der Waals surface area contributed by atoms with Crippen molar-refractivity contribution in [3.8, 4) is 0 Å². The van der Waals surface area contributed by atoms with Gasteiger partial charge in [-0.25, -0.2) is 0 Å². The van der Waals surface area contributed by atoms with Gasteiger partial charge in [0.05, 0.1) is 11.8 Å². The lowest BCUT2D eigenvalue weighted by Gasteiger charge is -2.36. The van der Waals surface area contributed by atoms with E-state index in [-0.39, 0.29) is 5.92 Å². The van der Waals surface area contributed by atoms with Crippen molar-refractivity contribution in [3.63, 3.8) is 0 Å². The van der Waals surface area contributed by atoms with E-state index in [2.05, 4.69) is 23.0 Å². The number of likely N-dealkylation sites (tertiary alicyclic amines) is 1. The van der Waals surface area contributed by atoms with Crippen LogP contribution >= 0.6 is 0 Å². The zero-order chi connectivity index (χ0) is 21.8. The van der Waals surface area contributed by atoms with Crippen molar-refractivity contribution >= 4 is 11.8 Å². The highest BCUT2D eigenvalue weighted by Gasteiger charge is 2.46. The largest absolute Gasteiger partial charge is 0.407 e. The standard InChI is InChI=1S/C25H28F3N3/c1-2-3-14-30-16-21(15-19-10-6-4-7-11-19)23-22(17-30)24(20-12-8-5-9-13-20)31(29-23)18-25(26,27)28/h4-13,15,22,24H,2-3,14,16-18H2,1H3/b21-15+. The summed E-state index contributed by atoms with van der Waals surface area (Å²) in [6, 6.07) is 19.0. The maximum atomic E-state index is 13.4. The Morgan fingerprint density at radius 2 is 1.71 bits per heavy atom. The zero-order valence-electron chi connectivity index (χ0n) is 17.7. The minimum atomic E-state index is -4.31. The van der Waals surface area contributed by atoms with Crippen molar-refractivity contribution in [2.24, 2.45) is 11.0 Å². The zero-order valence-corrected chi connectivity index (χ0v) is 17.7. The van der Waals surface area contributed by atoms with Crippen molar-refractivity contribution in [1.82, 2.24) is 9.91 Å². The highest BCUT2D eigenvalue weighted by molar-refractivity contribution is 6.07. The van der Waals surface area contributed by atoms with Crippen LogP contribution in [0.15, 0.2) is 71.3 Å². The molecule has 31 heavy (non-hydrogen) atoms. The van der Waals surface area contributed by atoms with Gasteiger partial charge in [0.1, 0.15) is 6.54 Å². The van der Waals surface area contributed by atoms with E-state index in [0.717, 1.165) is 48.3 Å². The number of halogens is 3. The van der Waals surface area contributed by atoms with Gasteiger partial charge in [-0.3, -0.25) is 9.91 Å². The summed E-state index contributed by atoms with van der Waals surface area (Å²) in [5.74, 6) is -0.0923. The number of hydrogen-bond acceptors (Lipinski definition) is 3. The molecule has 2 aromatic carbocycles. The molecule has 0 amide bonds. The molecule has 0 bridgehead atoms. The number of hydrogen-bond donors (Lipinski definition) is 0. The molecule has 0 spiro atoms. The molecule has 2 aliphatic heterocycles. The topological polar surface area (TPSA) is 18.8 Å². The average Bonchev–Trinajstić information content (AvgIpc) is 3.10. The normalized spacial score (nSPS) is 23.2. The van der Waals surface area contributed by atoms with Gasteiger partial charge < -0.3 is 0 Å². The first-order chi connectivity index (χ1) is 14.9. The minimum Gasteiger partial charge on any atom is -0.298 e. The third-order valence-electron chi connectivity index (χ3n) is 5.92. The second kappa shape index (κ2) is 9.27. The summed E-state index contributed by atoms with van der Waals surface area (Å²) >= 11 is 0. The Morgan fingerprint density at radius 1 is 1.03 bits per heavy atom. The molecule has 0 aliphatic carbocycles. The third kappa shape index (κ3) is 5.18. The molecule has 6 heteroatoms. The molecule has 0 saturated carbocycles. The van der Waals surface area contributed by atoms with E-state index in [1.807, 2.05) is 60.7 Å². The molecule has 0 radical (unpaired) electrons. The summed E-state index contributed by atoms with van der Waals surface area (Å²) in [6.07, 6.45) is -0.0683. The summed E-state index contributed by atoms with van der Waals surface area (Å²) in [6.45, 7) is 3.49. The molecule has 2 unspecified atom stereocenters. The molecular formula is C25H28F3N3. The predicted molar refractivity (Wildman–Crippen MR) is 119 cm³/mol. The van der Waals surface area contributed by atoms with Crippen LogP contribution in [0.4, 0.5) is 13.2 Å². The second-order valence-corrected chi connectivity index (χ2v) is 8.33. The third-order valence-corrected chi connectivity index (χ3v) is 5.92. The maximum Gasteiger partial charge on any atom is 0.407 e. The van der Waals surface area contributed by atoms with Crippen molar-refractivity contribution in [3.05, 3.63) is 77.4 Å². The first-order valence-corrected chi connectivity index (χ1v) is 10.9. The highest BCUT2D eigenvalue weighted by Crippen LogP contribution is 2.42. The van der Waals surface area contributed by atoms with E-state index < -0.39 is 18.8 Å². The van der Waals surface area contributed by atoms with E-state index in [1.54, 1.807) is 0 Å². The first kappa shape index (κ1) is 21.6. The smallest absolute Gasteiger partial charge is 0.298 e. The Morgan fingerprint density at radius 3 is 2.35 bits per heavy atom. The van der Waals surface area contributed by atoms with E-state index >= 15 is 0 Å². The number of hydrazone groups is 1. The number of nitrogens with zero attached hydrogens (tertiary/aromatic N) is 3. The molecule has 0 aromatic heterocycles. The average molecular weight is 428 g/mol. The van der Waals surface area contributed by atoms with Gasteiger partial charge in [-0.05, 0) is 35.7 Å². The number of alkyl halides is 3. The van der Waals surface area contributed by atoms with Gasteiger partial charge in [-0.15, -0.1) is 0 Å². The number of rotatable bonds is 6. The van der Waals surface area contributed by atoms with Crippen molar-refractivity contribution in [2.75, 3.05) is 26.2 Å². The highest BCUT2D eigenvalue weighted by atomic mass is 19.4. The monoisotopic (exact) mass is 427 g/mol. The van der Waals surface area contributed by atoms with E-state index in [1.165, 1.54) is 5.01 Å². The summed E-state index contributed by atoms with van der Waals surface area (Å²) < 4.78 is 40.3. The number of fused-ring (bicyclic) bond motifs is 1. The van der Waals surface area contributed by atoms with Gasteiger partial charge >= 0.3 is 6.18 Å². The Balaban J connectivity index is 1.74. The summed E-state index contributed by atoms with van der Waals surface area (Å²) in [4.78, 5) is 2.37. The molecule has 2 aromatic rings. The van der Waals surface area contributed by atoms with Crippen LogP contribution in [-0.4, -0.2) is 48.0 Å². The van der Waals surface area contributed by atoms with Crippen molar-refractivity contribution in [1.29, 1.82) is 0 Å². The SMILES string of the molecule is CCCCN1C/C(=C\c2ccccc2)C2=NN(CC(F)(F)F)C(c3ccccc3)C2C1. The fourth-order valence-electron chi connectivity index (χ4n) is 4.58. The van der Waals surface area contributed by atoms with Gasteiger partial charge in [0.2, 0.25) is 0 Å². The Kier molecular flexibility index (Phi) is 6.46. The van der Waals surface area contributed by atoms with Gasteiger partial charge in [0.15, 0.2) is 0 Å². The molecule has 1 fully saturated rings. The van der Waals surface area contributed by atoms with E-state index in [0.29, 0.717) is 6.54 Å². The lowest BCUT2D eigenvalue weighted by atomic mass is 9.83. The number of benzene rings is 2. The summed E-state index contributed by atoms with van der Waals surface area (Å²) in [5, 5.41) is 5.84. The predicted octanol–water partition coefficient (Wildman–Crippen LogP) is 5.78. The fraction of sp³-hybridized carbons (Fsp3) is 0.400. The Hall–Kier alpha value is -2.60. The number of unbranched alkanes of at least 4 members (excludes halogenated alkanes) is 1. The maximum absolute atomic E-state index is 13.4. The molecule has 1 saturated heterocycles. The van der Waals surface area contributed by atoms with Crippen LogP contribution in [0.2, 0.25) is 0 Å². The Bertz CT molecular complexity index is 922.